The van der Waals surface area contributed by atoms with Gasteiger partial charge in [-0.15, -0.1) is 0 Å². The third kappa shape index (κ3) is 3.55. The minimum absolute atomic E-state index is 0.0237. The molecule has 0 amide bonds. The van der Waals surface area contributed by atoms with Gasteiger partial charge in [0.25, 0.3) is 0 Å². The van der Waals surface area contributed by atoms with Crippen molar-refractivity contribution in [2.45, 2.75) is 65.2 Å². The lowest BCUT2D eigenvalue weighted by molar-refractivity contribution is -0.186. The average molecular weight is 354 g/mol. The molecule has 2 fully saturated rings. The Bertz CT molecular complexity index is 534. The number of carboxylic acids is 2. The van der Waals surface area contributed by atoms with Gasteiger partial charge in [0.15, 0.2) is 10.8 Å². The molecule has 4 unspecified atom stereocenters. The largest absolute Gasteiger partial charge is 0.480 e. The molecule has 2 aliphatic rings. The average Bonchev–Trinajstić information content (AvgIpc) is 2.53. The smallest absolute Gasteiger partial charge is 0.331 e. The van der Waals surface area contributed by atoms with E-state index < -0.39 is 34.7 Å². The number of rotatable bonds is 4. The second-order valence-corrected chi connectivity index (χ2v) is 7.85. The number of hydrogen-bond donors (Lipinski definition) is 2. The van der Waals surface area contributed by atoms with Crippen LogP contribution in [0.25, 0.3) is 0 Å². The number of esters is 2. The highest BCUT2D eigenvalue weighted by Crippen LogP contribution is 2.44. The molecule has 0 saturated heterocycles. The number of carbonyl (C=O) groups excluding carboxylic acids is 2. The van der Waals surface area contributed by atoms with E-state index in [2.05, 4.69) is 0 Å². The van der Waals surface area contributed by atoms with E-state index in [0.717, 1.165) is 12.8 Å². The first-order valence-corrected chi connectivity index (χ1v) is 8.87. The zero-order chi connectivity index (χ0) is 18.8. The summed E-state index contributed by atoms with van der Waals surface area (Å²) < 4.78 is 4.92. The number of ether oxygens (including phenoxy) is 1. The van der Waals surface area contributed by atoms with Gasteiger partial charge in [0.2, 0.25) is 0 Å². The summed E-state index contributed by atoms with van der Waals surface area (Å²) in [5, 5.41) is 19.2. The van der Waals surface area contributed by atoms with Gasteiger partial charge in [-0.05, 0) is 37.5 Å². The Morgan fingerprint density at radius 2 is 1.16 bits per heavy atom. The van der Waals surface area contributed by atoms with Crippen molar-refractivity contribution in [1.29, 1.82) is 0 Å². The Kier molecular flexibility index (Phi) is 5.54. The summed E-state index contributed by atoms with van der Waals surface area (Å²) in [7, 11) is 0. The van der Waals surface area contributed by atoms with Gasteiger partial charge in [-0.25, -0.2) is 0 Å². The lowest BCUT2D eigenvalue weighted by Gasteiger charge is -2.36. The van der Waals surface area contributed by atoms with Crippen LogP contribution in [0.15, 0.2) is 0 Å². The standard InChI is InChI=1S/C18H26O7/c1-11-5-3-7-17(9-11,13(19)20)15(23)25-16(24)18(14(21)22)8-4-6-12(2)10-18/h11-12H,3-10H2,1-2H3,(H,19,20)(H,21,22). The Labute approximate surface area is 146 Å². The van der Waals surface area contributed by atoms with Crippen molar-refractivity contribution in [3.05, 3.63) is 0 Å². The molecule has 0 bridgehead atoms. The number of carbonyl (C=O) groups is 4. The van der Waals surface area contributed by atoms with Crippen molar-refractivity contribution in [2.75, 3.05) is 0 Å². The maximum Gasteiger partial charge on any atom is 0.331 e. The molecular formula is C18H26O7. The molecule has 0 aliphatic heterocycles. The quantitative estimate of drug-likeness (QED) is 0.588. The molecule has 7 nitrogen and oxygen atoms in total. The minimum atomic E-state index is -1.76. The van der Waals surface area contributed by atoms with E-state index >= 15 is 0 Å². The summed E-state index contributed by atoms with van der Waals surface area (Å²) in [6, 6.07) is 0. The molecule has 0 aromatic heterocycles. The molecule has 140 valence electrons. The molecule has 0 aromatic rings. The Hall–Kier alpha value is -1.92. The van der Waals surface area contributed by atoms with Gasteiger partial charge in [-0.1, -0.05) is 39.5 Å². The van der Waals surface area contributed by atoms with Crippen LogP contribution in [0.1, 0.15) is 65.2 Å². The molecular weight excluding hydrogens is 328 g/mol. The predicted octanol–water partition coefficient (Wildman–Crippen LogP) is 2.62. The van der Waals surface area contributed by atoms with E-state index in [1.54, 1.807) is 0 Å². The van der Waals surface area contributed by atoms with Crippen LogP contribution in [0.2, 0.25) is 0 Å². The summed E-state index contributed by atoms with van der Waals surface area (Å²) >= 11 is 0. The molecule has 0 aromatic carbocycles. The molecule has 0 radical (unpaired) electrons. The molecule has 2 aliphatic carbocycles. The van der Waals surface area contributed by atoms with E-state index in [4.69, 9.17) is 4.74 Å². The second kappa shape index (κ2) is 7.14. The fourth-order valence-electron chi connectivity index (χ4n) is 4.32. The zero-order valence-corrected chi connectivity index (χ0v) is 14.7. The Morgan fingerprint density at radius 1 is 0.800 bits per heavy atom. The summed E-state index contributed by atoms with van der Waals surface area (Å²) in [6.07, 6.45) is 3.15. The summed E-state index contributed by atoms with van der Waals surface area (Å²) in [4.78, 5) is 48.7. The highest BCUT2D eigenvalue weighted by Gasteiger charge is 2.55. The highest BCUT2D eigenvalue weighted by atomic mass is 16.6. The minimum Gasteiger partial charge on any atom is -0.480 e. The van der Waals surface area contributed by atoms with E-state index in [9.17, 15) is 29.4 Å². The number of aliphatic carboxylic acids is 2. The SMILES string of the molecule is CC1CCCC(C(=O)O)(C(=O)OC(=O)C2(C(=O)O)CCCC(C)C2)C1. The number of hydrogen-bond acceptors (Lipinski definition) is 5. The van der Waals surface area contributed by atoms with Crippen molar-refractivity contribution in [3.63, 3.8) is 0 Å². The van der Waals surface area contributed by atoms with Gasteiger partial charge in [-0.3, -0.25) is 19.2 Å². The number of carboxylic acid groups (broad SMARTS) is 2. The monoisotopic (exact) mass is 354 g/mol. The van der Waals surface area contributed by atoms with Crippen LogP contribution in [0, 0.1) is 22.7 Å². The first-order valence-electron chi connectivity index (χ1n) is 8.87. The third-order valence-electron chi connectivity index (χ3n) is 5.78. The molecule has 2 N–H and O–H groups in total. The van der Waals surface area contributed by atoms with Crippen molar-refractivity contribution in [2.24, 2.45) is 22.7 Å². The van der Waals surface area contributed by atoms with E-state index in [1.165, 1.54) is 0 Å². The van der Waals surface area contributed by atoms with Gasteiger partial charge < -0.3 is 14.9 Å². The van der Waals surface area contributed by atoms with Crippen LogP contribution < -0.4 is 0 Å². The van der Waals surface area contributed by atoms with Crippen molar-refractivity contribution in [3.8, 4) is 0 Å². The normalized spacial score (nSPS) is 35.6. The molecule has 25 heavy (non-hydrogen) atoms. The predicted molar refractivity (Wildman–Crippen MR) is 86.5 cm³/mol. The summed E-state index contributed by atoms with van der Waals surface area (Å²) in [6.45, 7) is 3.71. The molecule has 0 spiro atoms. The van der Waals surface area contributed by atoms with Gasteiger partial charge >= 0.3 is 23.9 Å². The van der Waals surface area contributed by atoms with Crippen LogP contribution in [-0.4, -0.2) is 34.1 Å². The van der Waals surface area contributed by atoms with Gasteiger partial charge in [0, 0.05) is 0 Å². The van der Waals surface area contributed by atoms with Crippen LogP contribution in [0.4, 0.5) is 0 Å². The highest BCUT2D eigenvalue weighted by molar-refractivity contribution is 6.07. The van der Waals surface area contributed by atoms with Crippen LogP contribution in [0.3, 0.4) is 0 Å². The Morgan fingerprint density at radius 3 is 1.44 bits per heavy atom. The van der Waals surface area contributed by atoms with Crippen molar-refractivity contribution >= 4 is 23.9 Å². The van der Waals surface area contributed by atoms with Gasteiger partial charge in [0.05, 0.1) is 0 Å². The fraction of sp³-hybridized carbons (Fsp3) is 0.778. The van der Waals surface area contributed by atoms with Crippen molar-refractivity contribution < 1.29 is 34.1 Å². The first-order chi connectivity index (χ1) is 11.6. The summed E-state index contributed by atoms with van der Waals surface area (Å²) in [5.41, 5.74) is -3.51. The van der Waals surface area contributed by atoms with Gasteiger partial charge in [0.1, 0.15) is 0 Å². The van der Waals surface area contributed by atoms with Crippen molar-refractivity contribution in [1.82, 2.24) is 0 Å². The lowest BCUT2D eigenvalue weighted by atomic mass is 9.69. The first kappa shape index (κ1) is 19.4. The zero-order valence-electron chi connectivity index (χ0n) is 14.7. The molecule has 2 rings (SSSR count). The van der Waals surface area contributed by atoms with E-state index in [-0.39, 0.29) is 37.5 Å². The van der Waals surface area contributed by atoms with Crippen LogP contribution in [0.5, 0.6) is 0 Å². The summed E-state index contributed by atoms with van der Waals surface area (Å²) in [5.74, 6) is -4.80. The van der Waals surface area contributed by atoms with Crippen LogP contribution in [-0.2, 0) is 23.9 Å². The topological polar surface area (TPSA) is 118 Å². The maximum absolute atomic E-state index is 12.6. The fourth-order valence-corrected chi connectivity index (χ4v) is 4.32. The molecule has 4 atom stereocenters. The second-order valence-electron chi connectivity index (χ2n) is 7.85. The van der Waals surface area contributed by atoms with E-state index in [1.807, 2.05) is 13.8 Å². The molecule has 7 heteroatoms. The van der Waals surface area contributed by atoms with E-state index in [0.29, 0.717) is 12.8 Å². The lowest BCUT2D eigenvalue weighted by Crippen LogP contribution is -2.49. The molecule has 2 saturated carbocycles. The maximum atomic E-state index is 12.6. The van der Waals surface area contributed by atoms with Crippen LogP contribution >= 0.6 is 0 Å². The Balaban J connectivity index is 2.23. The molecule has 0 heterocycles. The third-order valence-corrected chi connectivity index (χ3v) is 5.78. The van der Waals surface area contributed by atoms with Gasteiger partial charge in [-0.2, -0.15) is 0 Å².